The summed E-state index contributed by atoms with van der Waals surface area (Å²) in [4.78, 5) is 13.6. The third-order valence-corrected chi connectivity index (χ3v) is 4.01. The highest BCUT2D eigenvalue weighted by Crippen LogP contribution is 2.29. The van der Waals surface area contributed by atoms with Crippen molar-refractivity contribution in [3.8, 4) is 0 Å². The summed E-state index contributed by atoms with van der Waals surface area (Å²) < 4.78 is 3.98. The first-order chi connectivity index (χ1) is 8.75. The smallest absolute Gasteiger partial charge is 0.347 e. The zero-order valence-electron chi connectivity index (χ0n) is 9.67. The SMILES string of the molecule is O=C(O)c1sncc1CN1CCc2ccccc21. The predicted octanol–water partition coefficient (Wildman–Crippen LogP) is 2.40. The molecular formula is C13H12N2O2S. The summed E-state index contributed by atoms with van der Waals surface area (Å²) in [6.45, 7) is 1.56. The Bertz CT molecular complexity index is 594. The number of hydrogen-bond acceptors (Lipinski definition) is 4. The van der Waals surface area contributed by atoms with Crippen molar-refractivity contribution in [2.45, 2.75) is 13.0 Å². The molecule has 2 heterocycles. The molecule has 0 unspecified atom stereocenters. The third-order valence-electron chi connectivity index (χ3n) is 3.18. The largest absolute Gasteiger partial charge is 0.477 e. The second-order valence-electron chi connectivity index (χ2n) is 4.29. The number of benzene rings is 1. The zero-order valence-corrected chi connectivity index (χ0v) is 10.5. The first-order valence-corrected chi connectivity index (χ1v) is 6.53. The topological polar surface area (TPSA) is 53.4 Å². The lowest BCUT2D eigenvalue weighted by Gasteiger charge is -2.18. The quantitative estimate of drug-likeness (QED) is 0.920. The van der Waals surface area contributed by atoms with Crippen LogP contribution < -0.4 is 4.90 Å². The van der Waals surface area contributed by atoms with Gasteiger partial charge in [-0.2, -0.15) is 4.37 Å². The fourth-order valence-electron chi connectivity index (χ4n) is 2.33. The van der Waals surface area contributed by atoms with Crippen molar-refractivity contribution in [1.82, 2.24) is 4.37 Å². The Labute approximate surface area is 109 Å². The van der Waals surface area contributed by atoms with Crippen molar-refractivity contribution in [3.63, 3.8) is 0 Å². The van der Waals surface area contributed by atoms with Gasteiger partial charge in [0.05, 0.1) is 0 Å². The molecule has 4 nitrogen and oxygen atoms in total. The molecule has 2 aromatic rings. The number of rotatable bonds is 3. The predicted molar refractivity (Wildman–Crippen MR) is 70.3 cm³/mol. The van der Waals surface area contributed by atoms with Gasteiger partial charge in [-0.25, -0.2) is 4.79 Å². The van der Waals surface area contributed by atoms with Gasteiger partial charge in [0.25, 0.3) is 0 Å². The van der Waals surface area contributed by atoms with Gasteiger partial charge >= 0.3 is 5.97 Å². The normalized spacial score (nSPS) is 13.7. The van der Waals surface area contributed by atoms with Gasteiger partial charge in [0, 0.05) is 30.5 Å². The molecule has 0 fully saturated rings. The van der Waals surface area contributed by atoms with E-state index < -0.39 is 5.97 Å². The van der Waals surface area contributed by atoms with Crippen LogP contribution in [0.4, 0.5) is 5.69 Å². The number of fused-ring (bicyclic) bond motifs is 1. The van der Waals surface area contributed by atoms with Crippen LogP contribution in [0.2, 0.25) is 0 Å². The molecule has 1 aromatic carbocycles. The maximum absolute atomic E-state index is 11.1. The molecule has 0 bridgehead atoms. The minimum Gasteiger partial charge on any atom is -0.477 e. The number of hydrogen-bond donors (Lipinski definition) is 1. The van der Waals surface area contributed by atoms with Crippen molar-refractivity contribution in [1.29, 1.82) is 0 Å². The van der Waals surface area contributed by atoms with Gasteiger partial charge in [0.1, 0.15) is 4.88 Å². The molecule has 1 aromatic heterocycles. The van der Waals surface area contributed by atoms with E-state index in [1.807, 2.05) is 12.1 Å². The maximum atomic E-state index is 11.1. The molecule has 0 saturated carbocycles. The van der Waals surface area contributed by atoms with Crippen molar-refractivity contribution < 1.29 is 9.90 Å². The van der Waals surface area contributed by atoms with Crippen molar-refractivity contribution in [2.24, 2.45) is 0 Å². The molecule has 5 heteroatoms. The van der Waals surface area contributed by atoms with Crippen LogP contribution in [-0.4, -0.2) is 22.0 Å². The highest BCUT2D eigenvalue weighted by molar-refractivity contribution is 7.08. The Morgan fingerprint density at radius 1 is 1.44 bits per heavy atom. The molecule has 0 aliphatic carbocycles. The number of carboxylic acids is 1. The molecule has 0 amide bonds. The minimum atomic E-state index is -0.889. The minimum absolute atomic E-state index is 0.347. The van der Waals surface area contributed by atoms with E-state index in [1.54, 1.807) is 6.20 Å². The van der Waals surface area contributed by atoms with E-state index in [1.165, 1.54) is 11.3 Å². The van der Waals surface area contributed by atoms with Gasteiger partial charge in [-0.05, 0) is 29.6 Å². The van der Waals surface area contributed by atoms with Crippen molar-refractivity contribution in [2.75, 3.05) is 11.4 Å². The number of para-hydroxylation sites is 1. The number of aromatic nitrogens is 1. The van der Waals surface area contributed by atoms with Gasteiger partial charge in [-0.15, -0.1) is 0 Å². The summed E-state index contributed by atoms with van der Waals surface area (Å²) >= 11 is 1.05. The van der Waals surface area contributed by atoms with Crippen LogP contribution in [0.15, 0.2) is 30.5 Å². The molecule has 0 saturated heterocycles. The van der Waals surface area contributed by atoms with Crippen LogP contribution in [0.1, 0.15) is 20.8 Å². The Morgan fingerprint density at radius 3 is 3.11 bits per heavy atom. The molecule has 18 heavy (non-hydrogen) atoms. The fourth-order valence-corrected chi connectivity index (χ4v) is 2.92. The van der Waals surface area contributed by atoms with E-state index >= 15 is 0 Å². The fraction of sp³-hybridized carbons (Fsp3) is 0.231. The van der Waals surface area contributed by atoms with Crippen LogP contribution >= 0.6 is 11.5 Å². The summed E-state index contributed by atoms with van der Waals surface area (Å²) in [5.74, 6) is -0.889. The first kappa shape index (κ1) is 11.2. The second kappa shape index (κ2) is 4.42. The lowest BCUT2D eigenvalue weighted by Crippen LogP contribution is -2.20. The van der Waals surface area contributed by atoms with Crippen LogP contribution in [0.5, 0.6) is 0 Å². The van der Waals surface area contributed by atoms with Crippen LogP contribution in [0.3, 0.4) is 0 Å². The van der Waals surface area contributed by atoms with Gasteiger partial charge in [-0.3, -0.25) is 0 Å². The average molecular weight is 260 g/mol. The lowest BCUT2D eigenvalue weighted by atomic mass is 10.2. The molecule has 0 atom stereocenters. The Kier molecular flexibility index (Phi) is 2.76. The van der Waals surface area contributed by atoms with E-state index in [4.69, 9.17) is 5.11 Å². The Hall–Kier alpha value is -1.88. The van der Waals surface area contributed by atoms with Gasteiger partial charge in [0.15, 0.2) is 0 Å². The number of carbonyl (C=O) groups is 1. The zero-order chi connectivity index (χ0) is 12.5. The van der Waals surface area contributed by atoms with E-state index in [-0.39, 0.29) is 0 Å². The van der Waals surface area contributed by atoms with Crippen LogP contribution in [-0.2, 0) is 13.0 Å². The Balaban J connectivity index is 1.86. The molecule has 1 aliphatic heterocycles. The number of nitrogens with zero attached hydrogens (tertiary/aromatic N) is 2. The van der Waals surface area contributed by atoms with E-state index in [0.29, 0.717) is 11.4 Å². The Morgan fingerprint density at radius 2 is 2.28 bits per heavy atom. The van der Waals surface area contributed by atoms with Gasteiger partial charge in [-0.1, -0.05) is 18.2 Å². The summed E-state index contributed by atoms with van der Waals surface area (Å²) in [6.07, 6.45) is 2.69. The maximum Gasteiger partial charge on any atom is 0.347 e. The first-order valence-electron chi connectivity index (χ1n) is 5.75. The molecule has 92 valence electrons. The van der Waals surface area contributed by atoms with E-state index in [2.05, 4.69) is 21.4 Å². The molecule has 1 N–H and O–H groups in total. The monoisotopic (exact) mass is 260 g/mol. The highest BCUT2D eigenvalue weighted by atomic mass is 32.1. The van der Waals surface area contributed by atoms with Crippen LogP contribution in [0.25, 0.3) is 0 Å². The summed E-state index contributed by atoms with van der Waals surface area (Å²) in [7, 11) is 0. The molecule has 0 radical (unpaired) electrons. The highest BCUT2D eigenvalue weighted by Gasteiger charge is 2.21. The second-order valence-corrected chi connectivity index (χ2v) is 5.09. The van der Waals surface area contributed by atoms with Crippen molar-refractivity contribution in [3.05, 3.63) is 46.5 Å². The number of aromatic carboxylic acids is 1. The van der Waals surface area contributed by atoms with Gasteiger partial charge in [0.2, 0.25) is 0 Å². The lowest BCUT2D eigenvalue weighted by molar-refractivity contribution is 0.0701. The number of carboxylic acid groups (broad SMARTS) is 1. The van der Waals surface area contributed by atoms with Gasteiger partial charge < -0.3 is 10.0 Å². The molecule has 0 spiro atoms. The summed E-state index contributed by atoms with van der Waals surface area (Å²) in [5, 5.41) is 9.08. The number of anilines is 1. The standard InChI is InChI=1S/C13H12N2O2S/c16-13(17)12-10(7-14-18-12)8-15-6-5-9-3-1-2-4-11(9)15/h1-4,7H,5-6,8H2,(H,16,17). The average Bonchev–Trinajstić information content (AvgIpc) is 2.97. The van der Waals surface area contributed by atoms with Crippen molar-refractivity contribution >= 4 is 23.2 Å². The summed E-state index contributed by atoms with van der Waals surface area (Å²) in [5.41, 5.74) is 3.34. The van der Waals surface area contributed by atoms with E-state index in [0.717, 1.165) is 30.1 Å². The van der Waals surface area contributed by atoms with Crippen LogP contribution in [0, 0.1) is 0 Å². The molecular weight excluding hydrogens is 248 g/mol. The summed E-state index contributed by atoms with van der Waals surface area (Å²) in [6, 6.07) is 8.26. The molecule has 1 aliphatic rings. The van der Waals surface area contributed by atoms with E-state index in [9.17, 15) is 4.79 Å². The third kappa shape index (κ3) is 1.86. The molecule has 3 rings (SSSR count).